The molecule has 3 N–H and O–H groups in total. The summed E-state index contributed by atoms with van der Waals surface area (Å²) in [6.07, 6.45) is 0.323. The van der Waals surface area contributed by atoms with Gasteiger partial charge < -0.3 is 15.8 Å². The first-order chi connectivity index (χ1) is 13.1. The van der Waals surface area contributed by atoms with Crippen molar-refractivity contribution in [3.63, 3.8) is 0 Å². The number of benzene rings is 2. The van der Waals surface area contributed by atoms with E-state index in [1.54, 1.807) is 0 Å². The van der Waals surface area contributed by atoms with Crippen molar-refractivity contribution in [2.24, 2.45) is 5.73 Å². The van der Waals surface area contributed by atoms with Crippen LogP contribution in [0, 0.1) is 13.8 Å². The molecule has 0 aromatic heterocycles. The molecule has 0 unspecified atom stereocenters. The average molecular weight is 383 g/mol. The summed E-state index contributed by atoms with van der Waals surface area (Å²) < 4.78 is 5.54. The predicted octanol–water partition coefficient (Wildman–Crippen LogP) is 3.92. The Morgan fingerprint density at radius 1 is 1.07 bits per heavy atom. The van der Waals surface area contributed by atoms with Gasteiger partial charge in [-0.15, -0.1) is 0 Å². The number of hydrogen-bond donors (Lipinski definition) is 2. The summed E-state index contributed by atoms with van der Waals surface area (Å²) in [5, 5.41) is 2.49. The summed E-state index contributed by atoms with van der Waals surface area (Å²) in [7, 11) is 0. The van der Waals surface area contributed by atoms with E-state index in [0.717, 1.165) is 22.3 Å². The molecule has 150 valence electrons. The standard InChI is InChI=1S/C23H30N2O3/c1-15-11-18(23(3,4)5)12-16(2)19(15)14-28-21(26)20(25-22(24)27)13-17-9-7-6-8-10-17/h6-12,20H,13-14H2,1-5H3,(H3,24,25,27)/t20-/m0/s1. The summed E-state index contributed by atoms with van der Waals surface area (Å²) in [4.78, 5) is 23.9. The molecule has 0 spiro atoms. The monoisotopic (exact) mass is 382 g/mol. The topological polar surface area (TPSA) is 81.4 Å². The molecule has 5 heteroatoms. The Kier molecular flexibility index (Phi) is 6.84. The Bertz CT molecular complexity index is 816. The maximum Gasteiger partial charge on any atom is 0.329 e. The highest BCUT2D eigenvalue weighted by Gasteiger charge is 2.23. The third-order valence-electron chi connectivity index (χ3n) is 4.80. The molecule has 5 nitrogen and oxygen atoms in total. The summed E-state index contributed by atoms with van der Waals surface area (Å²) in [5.41, 5.74) is 10.6. The molecular formula is C23H30N2O3. The Morgan fingerprint density at radius 2 is 1.64 bits per heavy atom. The van der Waals surface area contributed by atoms with Crippen molar-refractivity contribution in [2.75, 3.05) is 0 Å². The molecular weight excluding hydrogens is 352 g/mol. The fraction of sp³-hybridized carbons (Fsp3) is 0.391. The van der Waals surface area contributed by atoms with Crippen LogP contribution in [0.1, 0.15) is 48.6 Å². The van der Waals surface area contributed by atoms with Gasteiger partial charge in [-0.3, -0.25) is 0 Å². The van der Waals surface area contributed by atoms with Crippen molar-refractivity contribution < 1.29 is 14.3 Å². The molecule has 0 aliphatic carbocycles. The van der Waals surface area contributed by atoms with Crippen molar-refractivity contribution in [1.29, 1.82) is 0 Å². The highest BCUT2D eigenvalue weighted by atomic mass is 16.5. The second kappa shape index (κ2) is 8.91. The van der Waals surface area contributed by atoms with Crippen LogP contribution in [0.5, 0.6) is 0 Å². The molecule has 0 heterocycles. The number of amides is 2. The van der Waals surface area contributed by atoms with E-state index in [2.05, 4.69) is 38.2 Å². The highest BCUT2D eigenvalue weighted by molar-refractivity contribution is 5.83. The van der Waals surface area contributed by atoms with Crippen LogP contribution >= 0.6 is 0 Å². The zero-order valence-electron chi connectivity index (χ0n) is 17.3. The molecule has 2 rings (SSSR count). The largest absolute Gasteiger partial charge is 0.459 e. The Hall–Kier alpha value is -2.82. The Balaban J connectivity index is 2.12. The lowest BCUT2D eigenvalue weighted by molar-refractivity contribution is -0.147. The number of rotatable bonds is 6. The average Bonchev–Trinajstić information content (AvgIpc) is 2.59. The van der Waals surface area contributed by atoms with Gasteiger partial charge in [-0.1, -0.05) is 63.2 Å². The third kappa shape index (κ3) is 5.84. The number of carbonyl (C=O) groups excluding carboxylic acids is 2. The van der Waals surface area contributed by atoms with E-state index in [-0.39, 0.29) is 12.0 Å². The molecule has 1 atom stereocenters. The molecule has 0 radical (unpaired) electrons. The second-order valence-corrected chi connectivity index (χ2v) is 8.20. The van der Waals surface area contributed by atoms with E-state index >= 15 is 0 Å². The first-order valence-corrected chi connectivity index (χ1v) is 9.45. The van der Waals surface area contributed by atoms with Crippen LogP contribution < -0.4 is 11.1 Å². The summed E-state index contributed by atoms with van der Waals surface area (Å²) >= 11 is 0. The molecule has 0 aliphatic heterocycles. The normalized spacial score (nSPS) is 12.3. The lowest BCUT2D eigenvalue weighted by Gasteiger charge is -2.23. The van der Waals surface area contributed by atoms with Crippen molar-refractivity contribution in [2.45, 2.75) is 59.1 Å². The lowest BCUT2D eigenvalue weighted by atomic mass is 9.84. The maximum absolute atomic E-state index is 12.6. The van der Waals surface area contributed by atoms with Gasteiger partial charge in [-0.05, 0) is 47.1 Å². The van der Waals surface area contributed by atoms with Gasteiger partial charge in [0.1, 0.15) is 12.6 Å². The van der Waals surface area contributed by atoms with Gasteiger partial charge in [0, 0.05) is 6.42 Å². The first kappa shape index (κ1) is 21.5. The van der Waals surface area contributed by atoms with Crippen molar-refractivity contribution in [1.82, 2.24) is 5.32 Å². The zero-order chi connectivity index (χ0) is 20.9. The van der Waals surface area contributed by atoms with Crippen molar-refractivity contribution in [3.05, 3.63) is 70.3 Å². The molecule has 0 fully saturated rings. The van der Waals surface area contributed by atoms with Crippen LogP contribution in [-0.2, 0) is 28.0 Å². The van der Waals surface area contributed by atoms with Crippen LogP contribution in [0.15, 0.2) is 42.5 Å². The van der Waals surface area contributed by atoms with Crippen LogP contribution in [-0.4, -0.2) is 18.0 Å². The van der Waals surface area contributed by atoms with Gasteiger partial charge in [0.05, 0.1) is 0 Å². The zero-order valence-corrected chi connectivity index (χ0v) is 17.3. The van der Waals surface area contributed by atoms with Crippen LogP contribution in [0.25, 0.3) is 0 Å². The number of aryl methyl sites for hydroxylation is 2. The fourth-order valence-corrected chi connectivity index (χ4v) is 3.11. The summed E-state index contributed by atoms with van der Waals surface area (Å²) in [5.74, 6) is -0.499. The van der Waals surface area contributed by atoms with E-state index in [1.165, 1.54) is 5.56 Å². The fourth-order valence-electron chi connectivity index (χ4n) is 3.11. The minimum absolute atomic E-state index is 0.0525. The highest BCUT2D eigenvalue weighted by Crippen LogP contribution is 2.27. The van der Waals surface area contributed by atoms with Crippen molar-refractivity contribution in [3.8, 4) is 0 Å². The minimum Gasteiger partial charge on any atom is -0.459 e. The van der Waals surface area contributed by atoms with E-state index < -0.39 is 18.0 Å². The number of carbonyl (C=O) groups is 2. The number of ether oxygens (including phenoxy) is 1. The number of hydrogen-bond acceptors (Lipinski definition) is 3. The van der Waals surface area contributed by atoms with E-state index in [0.29, 0.717) is 6.42 Å². The molecule has 0 saturated carbocycles. The Labute approximate surface area is 167 Å². The van der Waals surface area contributed by atoms with Crippen molar-refractivity contribution >= 4 is 12.0 Å². The predicted molar refractivity (Wildman–Crippen MR) is 111 cm³/mol. The molecule has 2 amide bonds. The molecule has 0 saturated heterocycles. The van der Waals surface area contributed by atoms with Gasteiger partial charge in [0.25, 0.3) is 0 Å². The van der Waals surface area contributed by atoms with Gasteiger partial charge in [0.15, 0.2) is 0 Å². The van der Waals surface area contributed by atoms with Gasteiger partial charge in [-0.25, -0.2) is 9.59 Å². The number of nitrogens with two attached hydrogens (primary N) is 1. The number of nitrogens with one attached hydrogen (secondary N) is 1. The van der Waals surface area contributed by atoms with Gasteiger partial charge in [0.2, 0.25) is 0 Å². The van der Waals surface area contributed by atoms with E-state index in [4.69, 9.17) is 10.5 Å². The maximum atomic E-state index is 12.6. The minimum atomic E-state index is -0.825. The number of primary amides is 1. The number of esters is 1. The van der Waals surface area contributed by atoms with Crippen LogP contribution in [0.4, 0.5) is 4.79 Å². The van der Waals surface area contributed by atoms with E-state index in [9.17, 15) is 9.59 Å². The SMILES string of the molecule is Cc1cc(C(C)(C)C)cc(C)c1COC(=O)[C@H](Cc1ccccc1)NC(N)=O. The van der Waals surface area contributed by atoms with E-state index in [1.807, 2.05) is 44.2 Å². The quantitative estimate of drug-likeness (QED) is 0.743. The summed E-state index contributed by atoms with van der Waals surface area (Å²) in [6, 6.07) is 12.1. The van der Waals surface area contributed by atoms with Gasteiger partial charge >= 0.3 is 12.0 Å². The smallest absolute Gasteiger partial charge is 0.329 e. The third-order valence-corrected chi connectivity index (χ3v) is 4.80. The lowest BCUT2D eigenvalue weighted by Crippen LogP contribution is -2.45. The molecule has 28 heavy (non-hydrogen) atoms. The second-order valence-electron chi connectivity index (χ2n) is 8.20. The number of urea groups is 1. The molecule has 0 aliphatic rings. The molecule has 0 bridgehead atoms. The summed E-state index contributed by atoms with van der Waals surface area (Å²) in [6.45, 7) is 10.7. The van der Waals surface area contributed by atoms with Crippen LogP contribution in [0.2, 0.25) is 0 Å². The molecule has 2 aromatic rings. The first-order valence-electron chi connectivity index (χ1n) is 9.45. The molecule has 2 aromatic carbocycles. The Morgan fingerprint density at radius 3 is 2.14 bits per heavy atom. The van der Waals surface area contributed by atoms with Crippen LogP contribution in [0.3, 0.4) is 0 Å². The van der Waals surface area contributed by atoms with Gasteiger partial charge in [-0.2, -0.15) is 0 Å².